The minimum atomic E-state index is -3.42. The van der Waals surface area contributed by atoms with Gasteiger partial charge in [0, 0.05) is 12.2 Å². The highest BCUT2D eigenvalue weighted by atomic mass is 32.2. The summed E-state index contributed by atoms with van der Waals surface area (Å²) in [6.45, 7) is 4.54. The fourth-order valence-electron chi connectivity index (χ4n) is 2.64. The Morgan fingerprint density at radius 3 is 2.68 bits per heavy atom. The Kier molecular flexibility index (Phi) is 4.16. The van der Waals surface area contributed by atoms with E-state index < -0.39 is 10.0 Å². The van der Waals surface area contributed by atoms with Gasteiger partial charge in [-0.1, -0.05) is 19.8 Å². The molecule has 19 heavy (non-hydrogen) atoms. The van der Waals surface area contributed by atoms with E-state index in [1.54, 1.807) is 18.2 Å². The van der Waals surface area contributed by atoms with E-state index in [0.717, 1.165) is 12.0 Å². The van der Waals surface area contributed by atoms with Gasteiger partial charge in [-0.05, 0) is 48.9 Å². The lowest BCUT2D eigenvalue weighted by Gasteiger charge is -2.16. The van der Waals surface area contributed by atoms with Gasteiger partial charge in [0.15, 0.2) is 0 Å². The van der Waals surface area contributed by atoms with Gasteiger partial charge in [0.2, 0.25) is 10.0 Å². The minimum absolute atomic E-state index is 0.296. The highest BCUT2D eigenvalue weighted by Gasteiger charge is 2.25. The van der Waals surface area contributed by atoms with Gasteiger partial charge in [-0.25, -0.2) is 13.1 Å². The Balaban J connectivity index is 2.07. The lowest BCUT2D eigenvalue weighted by Crippen LogP contribution is -2.30. The maximum Gasteiger partial charge on any atom is 0.240 e. The molecule has 1 aromatic rings. The van der Waals surface area contributed by atoms with E-state index in [-0.39, 0.29) is 0 Å². The topological polar surface area (TPSA) is 72.2 Å². The molecule has 2 rings (SSSR count). The summed E-state index contributed by atoms with van der Waals surface area (Å²) in [5.74, 6) is 1.07. The van der Waals surface area contributed by atoms with E-state index in [9.17, 15) is 8.42 Å². The van der Waals surface area contributed by atoms with Crippen molar-refractivity contribution in [2.75, 3.05) is 12.3 Å². The molecule has 0 amide bonds. The molecular formula is C14H22N2O2S. The summed E-state index contributed by atoms with van der Waals surface area (Å²) >= 11 is 0. The SMILES string of the molecule is Cc1cc(S(=O)(=O)NCC2CCCC2C)ccc1N. The van der Waals surface area contributed by atoms with Crippen molar-refractivity contribution in [2.45, 2.75) is 38.0 Å². The molecule has 2 unspecified atom stereocenters. The number of anilines is 1. The van der Waals surface area contributed by atoms with E-state index in [2.05, 4.69) is 11.6 Å². The quantitative estimate of drug-likeness (QED) is 0.832. The van der Waals surface area contributed by atoms with Crippen LogP contribution in [0.2, 0.25) is 0 Å². The summed E-state index contributed by atoms with van der Waals surface area (Å²) in [4.78, 5) is 0.296. The molecule has 0 bridgehead atoms. The summed E-state index contributed by atoms with van der Waals surface area (Å²) in [5.41, 5.74) is 7.11. The maximum atomic E-state index is 12.2. The third-order valence-corrected chi connectivity index (χ3v) is 5.55. The van der Waals surface area contributed by atoms with Crippen LogP contribution in [0.15, 0.2) is 23.1 Å². The number of nitrogens with one attached hydrogen (secondary N) is 1. The summed E-state index contributed by atoms with van der Waals surface area (Å²) in [6.07, 6.45) is 3.52. The number of sulfonamides is 1. The average molecular weight is 282 g/mol. The minimum Gasteiger partial charge on any atom is -0.399 e. The Morgan fingerprint density at radius 1 is 1.37 bits per heavy atom. The van der Waals surface area contributed by atoms with Crippen LogP contribution in [-0.2, 0) is 10.0 Å². The number of nitrogen functional groups attached to an aromatic ring is 1. The Labute approximate surface area is 115 Å². The fourth-order valence-corrected chi connectivity index (χ4v) is 3.82. The van der Waals surface area contributed by atoms with Crippen molar-refractivity contribution < 1.29 is 8.42 Å². The predicted octanol–water partition coefficient (Wildman–Crippen LogP) is 2.29. The van der Waals surface area contributed by atoms with Crippen molar-refractivity contribution in [2.24, 2.45) is 11.8 Å². The van der Waals surface area contributed by atoms with Crippen LogP contribution in [0.25, 0.3) is 0 Å². The van der Waals surface area contributed by atoms with Crippen molar-refractivity contribution in [1.29, 1.82) is 0 Å². The summed E-state index contributed by atoms with van der Waals surface area (Å²) < 4.78 is 27.1. The van der Waals surface area contributed by atoms with Crippen LogP contribution in [-0.4, -0.2) is 15.0 Å². The molecule has 1 fully saturated rings. The van der Waals surface area contributed by atoms with Gasteiger partial charge in [0.05, 0.1) is 4.90 Å². The van der Waals surface area contributed by atoms with E-state index in [1.807, 2.05) is 6.92 Å². The first kappa shape index (κ1) is 14.3. The molecule has 5 heteroatoms. The Hall–Kier alpha value is -1.07. The Bertz CT molecular complexity index is 555. The summed E-state index contributed by atoms with van der Waals surface area (Å²) in [7, 11) is -3.42. The zero-order chi connectivity index (χ0) is 14.0. The van der Waals surface area contributed by atoms with Crippen LogP contribution in [0.4, 0.5) is 5.69 Å². The normalized spacial score (nSPS) is 23.7. The van der Waals surface area contributed by atoms with Crippen LogP contribution in [0.5, 0.6) is 0 Å². The molecule has 1 aliphatic carbocycles. The monoisotopic (exact) mass is 282 g/mol. The average Bonchev–Trinajstić information content (AvgIpc) is 2.76. The molecule has 106 valence electrons. The van der Waals surface area contributed by atoms with Gasteiger partial charge in [-0.2, -0.15) is 0 Å². The van der Waals surface area contributed by atoms with Gasteiger partial charge in [0.1, 0.15) is 0 Å². The molecule has 0 saturated heterocycles. The molecule has 0 radical (unpaired) electrons. The van der Waals surface area contributed by atoms with Crippen molar-refractivity contribution in [1.82, 2.24) is 4.72 Å². The smallest absolute Gasteiger partial charge is 0.240 e. The molecule has 0 aliphatic heterocycles. The van der Waals surface area contributed by atoms with Gasteiger partial charge >= 0.3 is 0 Å². The molecule has 4 nitrogen and oxygen atoms in total. The number of hydrogen-bond donors (Lipinski definition) is 2. The number of benzene rings is 1. The highest BCUT2D eigenvalue weighted by Crippen LogP contribution is 2.30. The van der Waals surface area contributed by atoms with Crippen molar-refractivity contribution in [3.63, 3.8) is 0 Å². The van der Waals surface area contributed by atoms with Gasteiger partial charge in [-0.15, -0.1) is 0 Å². The molecule has 1 aliphatic rings. The van der Waals surface area contributed by atoms with Gasteiger partial charge < -0.3 is 5.73 Å². The summed E-state index contributed by atoms with van der Waals surface area (Å²) in [6, 6.07) is 4.82. The molecule has 0 heterocycles. The van der Waals surface area contributed by atoms with E-state index in [4.69, 9.17) is 5.73 Å². The summed E-state index contributed by atoms with van der Waals surface area (Å²) in [5, 5.41) is 0. The first-order valence-electron chi connectivity index (χ1n) is 6.76. The number of nitrogens with two attached hydrogens (primary N) is 1. The zero-order valence-corrected chi connectivity index (χ0v) is 12.3. The molecule has 1 aromatic carbocycles. The van der Waals surface area contributed by atoms with E-state index >= 15 is 0 Å². The van der Waals surface area contributed by atoms with Crippen molar-refractivity contribution >= 4 is 15.7 Å². The first-order valence-corrected chi connectivity index (χ1v) is 8.24. The van der Waals surface area contributed by atoms with Crippen LogP contribution in [0, 0.1) is 18.8 Å². The molecule has 0 aromatic heterocycles. The lowest BCUT2D eigenvalue weighted by atomic mass is 9.99. The highest BCUT2D eigenvalue weighted by molar-refractivity contribution is 7.89. The van der Waals surface area contributed by atoms with Crippen LogP contribution < -0.4 is 10.5 Å². The third kappa shape index (κ3) is 3.28. The van der Waals surface area contributed by atoms with Crippen molar-refractivity contribution in [3.05, 3.63) is 23.8 Å². The van der Waals surface area contributed by atoms with Gasteiger partial charge in [0.25, 0.3) is 0 Å². The van der Waals surface area contributed by atoms with Crippen LogP contribution in [0.1, 0.15) is 31.7 Å². The van der Waals surface area contributed by atoms with Gasteiger partial charge in [-0.3, -0.25) is 0 Å². The maximum absolute atomic E-state index is 12.2. The van der Waals surface area contributed by atoms with Crippen molar-refractivity contribution in [3.8, 4) is 0 Å². The number of hydrogen-bond acceptors (Lipinski definition) is 3. The predicted molar refractivity (Wildman–Crippen MR) is 77.3 cm³/mol. The van der Waals surface area contributed by atoms with E-state index in [1.165, 1.54) is 12.8 Å². The third-order valence-electron chi connectivity index (χ3n) is 4.13. The van der Waals surface area contributed by atoms with Crippen LogP contribution in [0.3, 0.4) is 0 Å². The second kappa shape index (κ2) is 5.51. The fraction of sp³-hybridized carbons (Fsp3) is 0.571. The van der Waals surface area contributed by atoms with E-state index in [0.29, 0.717) is 29.0 Å². The zero-order valence-electron chi connectivity index (χ0n) is 11.5. The molecular weight excluding hydrogens is 260 g/mol. The first-order chi connectivity index (χ1) is 8.90. The second-order valence-electron chi connectivity index (χ2n) is 5.54. The molecule has 3 N–H and O–H groups in total. The molecule has 2 atom stereocenters. The lowest BCUT2D eigenvalue weighted by molar-refractivity contribution is 0.414. The number of rotatable bonds is 4. The number of aryl methyl sites for hydroxylation is 1. The van der Waals surface area contributed by atoms with Crippen LogP contribution >= 0.6 is 0 Å². The largest absolute Gasteiger partial charge is 0.399 e. The standard InChI is InChI=1S/C14H22N2O2S/c1-10-4-3-5-12(10)9-16-19(17,18)13-6-7-14(15)11(2)8-13/h6-8,10,12,16H,3-5,9,15H2,1-2H3. The second-order valence-corrected chi connectivity index (χ2v) is 7.31. The Morgan fingerprint density at radius 2 is 2.11 bits per heavy atom. The molecule has 0 spiro atoms. The molecule has 1 saturated carbocycles.